The largest absolute Gasteiger partial charge is 0.444 e. The molecule has 0 spiro atoms. The van der Waals surface area contributed by atoms with Crippen molar-refractivity contribution in [3.05, 3.63) is 0 Å². The predicted molar refractivity (Wildman–Crippen MR) is 91.3 cm³/mol. The summed E-state index contributed by atoms with van der Waals surface area (Å²) < 4.78 is 5.39. The van der Waals surface area contributed by atoms with Crippen LogP contribution in [0.25, 0.3) is 0 Å². The fourth-order valence-corrected chi connectivity index (χ4v) is 2.50. The van der Waals surface area contributed by atoms with E-state index in [0.29, 0.717) is 12.5 Å². The van der Waals surface area contributed by atoms with E-state index < -0.39 is 5.60 Å². The quantitative estimate of drug-likeness (QED) is 0.830. The highest BCUT2D eigenvalue weighted by atomic mass is 16.6. The maximum Gasteiger partial charge on any atom is 0.410 e. The van der Waals surface area contributed by atoms with E-state index in [4.69, 9.17) is 4.74 Å². The predicted octanol–water partition coefficient (Wildman–Crippen LogP) is 2.14. The molecule has 1 aliphatic rings. The molecule has 2 N–H and O–H groups in total. The molecule has 6 nitrogen and oxygen atoms in total. The van der Waals surface area contributed by atoms with Crippen LogP contribution in [0.3, 0.4) is 0 Å². The molecule has 1 saturated heterocycles. The van der Waals surface area contributed by atoms with Gasteiger partial charge >= 0.3 is 6.09 Å². The van der Waals surface area contributed by atoms with E-state index in [9.17, 15) is 9.59 Å². The Kier molecular flexibility index (Phi) is 6.86. The summed E-state index contributed by atoms with van der Waals surface area (Å²) in [6.07, 6.45) is 1.65. The van der Waals surface area contributed by atoms with Crippen molar-refractivity contribution in [3.8, 4) is 0 Å². The van der Waals surface area contributed by atoms with Crippen LogP contribution in [0.4, 0.5) is 4.79 Å². The number of rotatable bonds is 4. The molecule has 1 fully saturated rings. The molecule has 0 aromatic carbocycles. The van der Waals surface area contributed by atoms with Crippen LogP contribution in [-0.4, -0.2) is 54.2 Å². The number of nitrogens with one attached hydrogen (secondary N) is 2. The molecule has 0 atom stereocenters. The molecule has 6 heteroatoms. The fraction of sp³-hybridized carbons (Fsp3) is 0.882. The van der Waals surface area contributed by atoms with E-state index in [0.717, 1.165) is 32.5 Å². The minimum absolute atomic E-state index is 0.0173. The summed E-state index contributed by atoms with van der Waals surface area (Å²) in [5, 5.41) is 6.14. The van der Waals surface area contributed by atoms with Crippen LogP contribution in [0.5, 0.6) is 0 Å². The molecule has 23 heavy (non-hydrogen) atoms. The third-order valence-electron chi connectivity index (χ3n) is 3.50. The summed E-state index contributed by atoms with van der Waals surface area (Å²) in [4.78, 5) is 25.5. The first-order chi connectivity index (χ1) is 10.5. The normalized spacial score (nSPS) is 17.0. The second kappa shape index (κ2) is 7.99. The molecule has 0 unspecified atom stereocenters. The van der Waals surface area contributed by atoms with Gasteiger partial charge in [0.25, 0.3) is 0 Å². The Balaban J connectivity index is 2.22. The molecule has 0 radical (unpaired) electrons. The number of carbonyl (C=O) groups excluding carboxylic acids is 2. The van der Waals surface area contributed by atoms with Gasteiger partial charge in [-0.2, -0.15) is 0 Å². The van der Waals surface area contributed by atoms with E-state index >= 15 is 0 Å². The van der Waals surface area contributed by atoms with E-state index in [1.54, 1.807) is 4.90 Å². The summed E-state index contributed by atoms with van der Waals surface area (Å²) in [5.74, 6) is 0.514. The van der Waals surface area contributed by atoms with Gasteiger partial charge < -0.3 is 20.3 Å². The highest BCUT2D eigenvalue weighted by molar-refractivity contribution is 5.78. The van der Waals surface area contributed by atoms with E-state index in [1.165, 1.54) is 0 Å². The zero-order chi connectivity index (χ0) is 17.7. The maximum atomic E-state index is 12.0. The lowest BCUT2D eigenvalue weighted by atomic mass is 9.97. The van der Waals surface area contributed by atoms with Crippen LogP contribution in [0, 0.1) is 5.92 Å². The summed E-state index contributed by atoms with van der Waals surface area (Å²) >= 11 is 0. The van der Waals surface area contributed by atoms with Crippen molar-refractivity contribution in [2.75, 3.05) is 26.2 Å². The highest BCUT2D eigenvalue weighted by Crippen LogP contribution is 2.19. The Morgan fingerprint density at radius 3 is 2.13 bits per heavy atom. The van der Waals surface area contributed by atoms with Crippen molar-refractivity contribution in [2.45, 2.75) is 65.5 Å². The topological polar surface area (TPSA) is 70.7 Å². The van der Waals surface area contributed by atoms with Crippen molar-refractivity contribution < 1.29 is 14.3 Å². The Morgan fingerprint density at radius 2 is 1.65 bits per heavy atom. The molecule has 1 aliphatic heterocycles. The van der Waals surface area contributed by atoms with Crippen molar-refractivity contribution in [1.82, 2.24) is 15.5 Å². The van der Waals surface area contributed by atoms with E-state index in [2.05, 4.69) is 10.6 Å². The van der Waals surface area contributed by atoms with Crippen molar-refractivity contribution in [3.63, 3.8) is 0 Å². The molecule has 0 bridgehead atoms. The van der Waals surface area contributed by atoms with Gasteiger partial charge in [-0.25, -0.2) is 4.79 Å². The maximum absolute atomic E-state index is 12.0. The summed E-state index contributed by atoms with van der Waals surface area (Å²) in [5.41, 5.74) is -0.645. The first kappa shape index (κ1) is 19.7. The van der Waals surface area contributed by atoms with E-state index in [1.807, 2.05) is 41.5 Å². The number of piperidine rings is 1. The molecule has 134 valence electrons. The molecule has 2 amide bonds. The number of carbonyl (C=O) groups is 2. The molecule has 0 aliphatic carbocycles. The highest BCUT2D eigenvalue weighted by Gasteiger charge is 2.26. The Bertz CT molecular complexity index is 400. The van der Waals surface area contributed by atoms with Crippen molar-refractivity contribution in [2.24, 2.45) is 5.92 Å². The van der Waals surface area contributed by atoms with Gasteiger partial charge in [0, 0.05) is 18.6 Å². The van der Waals surface area contributed by atoms with Crippen LogP contribution in [0.1, 0.15) is 54.4 Å². The van der Waals surface area contributed by atoms with Gasteiger partial charge in [0.1, 0.15) is 5.60 Å². The first-order valence-electron chi connectivity index (χ1n) is 8.46. The Labute approximate surface area is 140 Å². The Hall–Kier alpha value is -1.30. The number of ether oxygens (including phenoxy) is 1. The van der Waals surface area contributed by atoms with Crippen LogP contribution < -0.4 is 10.6 Å². The fourth-order valence-electron chi connectivity index (χ4n) is 2.50. The second-order valence-electron chi connectivity index (χ2n) is 8.34. The zero-order valence-electron chi connectivity index (χ0n) is 15.5. The molecular formula is C17H33N3O3. The number of hydrogen-bond acceptors (Lipinski definition) is 4. The zero-order valence-corrected chi connectivity index (χ0v) is 15.5. The van der Waals surface area contributed by atoms with Crippen molar-refractivity contribution >= 4 is 12.0 Å². The number of nitrogens with zero attached hydrogens (tertiary/aromatic N) is 1. The number of hydrogen-bond donors (Lipinski definition) is 2. The van der Waals surface area contributed by atoms with Gasteiger partial charge in [-0.1, -0.05) is 0 Å². The SMILES string of the molecule is CC(C)(C)NC(=O)CNCC1CCN(C(=O)OC(C)(C)C)CC1. The average Bonchev–Trinajstić information content (AvgIpc) is 2.35. The minimum atomic E-state index is -0.449. The van der Waals surface area contributed by atoms with Gasteiger partial charge in [-0.05, 0) is 66.8 Å². The van der Waals surface area contributed by atoms with Crippen molar-refractivity contribution in [1.29, 1.82) is 0 Å². The summed E-state index contributed by atoms with van der Waals surface area (Å²) in [6.45, 7) is 14.1. The van der Waals surface area contributed by atoms with Crippen LogP contribution in [0.2, 0.25) is 0 Å². The Morgan fingerprint density at radius 1 is 1.09 bits per heavy atom. The minimum Gasteiger partial charge on any atom is -0.444 e. The van der Waals surface area contributed by atoms with Crippen LogP contribution >= 0.6 is 0 Å². The molecule has 0 saturated carbocycles. The van der Waals surface area contributed by atoms with Gasteiger partial charge in [0.05, 0.1) is 6.54 Å². The number of amides is 2. The van der Waals surface area contributed by atoms with Crippen LogP contribution in [-0.2, 0) is 9.53 Å². The molecular weight excluding hydrogens is 294 g/mol. The van der Waals surface area contributed by atoms with Gasteiger partial charge in [0.15, 0.2) is 0 Å². The molecule has 0 aromatic heterocycles. The average molecular weight is 327 g/mol. The first-order valence-corrected chi connectivity index (χ1v) is 8.46. The smallest absolute Gasteiger partial charge is 0.410 e. The molecule has 0 aromatic rings. The third-order valence-corrected chi connectivity index (χ3v) is 3.50. The van der Waals surface area contributed by atoms with Crippen LogP contribution in [0.15, 0.2) is 0 Å². The lowest BCUT2D eigenvalue weighted by molar-refractivity contribution is -0.121. The van der Waals surface area contributed by atoms with Gasteiger partial charge in [-0.15, -0.1) is 0 Å². The number of likely N-dealkylation sites (tertiary alicyclic amines) is 1. The monoisotopic (exact) mass is 327 g/mol. The third kappa shape index (κ3) is 8.79. The standard InChI is InChI=1S/C17H33N3O3/c1-16(2,3)19-14(21)12-18-11-13-7-9-20(10-8-13)15(22)23-17(4,5)6/h13,18H,7-12H2,1-6H3,(H,19,21). The second-order valence-corrected chi connectivity index (χ2v) is 8.34. The summed E-state index contributed by atoms with van der Waals surface area (Å²) in [7, 11) is 0. The summed E-state index contributed by atoms with van der Waals surface area (Å²) in [6, 6.07) is 0. The lowest BCUT2D eigenvalue weighted by Crippen LogP contribution is -2.46. The molecule has 1 rings (SSSR count). The van der Waals surface area contributed by atoms with Gasteiger partial charge in [-0.3, -0.25) is 4.79 Å². The molecule has 1 heterocycles. The van der Waals surface area contributed by atoms with E-state index in [-0.39, 0.29) is 17.5 Å². The lowest BCUT2D eigenvalue weighted by Gasteiger charge is -2.33. The van der Waals surface area contributed by atoms with Gasteiger partial charge in [0.2, 0.25) is 5.91 Å².